The molecule has 1 aromatic rings. The molecule has 0 atom stereocenters. The van der Waals surface area contributed by atoms with Gasteiger partial charge in [0.2, 0.25) is 0 Å². The van der Waals surface area contributed by atoms with E-state index in [1.54, 1.807) is 0 Å². The Morgan fingerprint density at radius 3 is 2.44 bits per heavy atom. The lowest BCUT2D eigenvalue weighted by Gasteiger charge is -2.28. The topological polar surface area (TPSA) is 59.9 Å². The number of nitrogens with one attached hydrogen (secondary N) is 2. The van der Waals surface area contributed by atoms with Crippen molar-refractivity contribution in [1.82, 2.24) is 10.6 Å². The van der Waals surface area contributed by atoms with Gasteiger partial charge in [-0.25, -0.2) is 4.99 Å². The van der Waals surface area contributed by atoms with Gasteiger partial charge in [-0.05, 0) is 37.5 Å². The molecule has 0 amide bonds. The van der Waals surface area contributed by atoms with E-state index in [2.05, 4.69) is 72.7 Å². The fourth-order valence-corrected chi connectivity index (χ4v) is 3.53. The van der Waals surface area contributed by atoms with E-state index in [-0.39, 0.29) is 0 Å². The van der Waals surface area contributed by atoms with Crippen molar-refractivity contribution >= 4 is 11.6 Å². The van der Waals surface area contributed by atoms with Gasteiger partial charge < -0.3 is 20.6 Å². The molecule has 0 saturated carbocycles. The monoisotopic (exact) mass is 372 g/mol. The van der Waals surface area contributed by atoms with Crippen molar-refractivity contribution < 1.29 is 5.11 Å². The Morgan fingerprint density at radius 2 is 1.81 bits per heavy atom. The van der Waals surface area contributed by atoms with Crippen LogP contribution in [-0.4, -0.2) is 42.8 Å². The molecule has 1 aliphatic heterocycles. The maximum absolute atomic E-state index is 10.8. The predicted molar refractivity (Wildman–Crippen MR) is 115 cm³/mol. The van der Waals surface area contributed by atoms with Crippen LogP contribution < -0.4 is 15.5 Å². The molecular weight excluding hydrogens is 336 g/mol. The lowest BCUT2D eigenvalue weighted by Crippen LogP contribution is -2.47. The van der Waals surface area contributed by atoms with Gasteiger partial charge >= 0.3 is 0 Å². The minimum absolute atomic E-state index is 0.528. The second-order valence-corrected chi connectivity index (χ2v) is 7.32. The third-order valence-corrected chi connectivity index (χ3v) is 4.87. The molecule has 150 valence electrons. The van der Waals surface area contributed by atoms with Crippen molar-refractivity contribution in [3.63, 3.8) is 0 Å². The number of guanidine groups is 1. The first-order chi connectivity index (χ1) is 13.1. The van der Waals surface area contributed by atoms with Crippen molar-refractivity contribution in [3.05, 3.63) is 42.0 Å². The van der Waals surface area contributed by atoms with Gasteiger partial charge in [-0.1, -0.05) is 51.0 Å². The van der Waals surface area contributed by atoms with Crippen LogP contribution in [0.3, 0.4) is 0 Å². The molecule has 0 saturated heterocycles. The zero-order chi connectivity index (χ0) is 19.5. The summed E-state index contributed by atoms with van der Waals surface area (Å²) < 4.78 is 0. The maximum atomic E-state index is 10.8. The molecule has 1 aromatic carbocycles. The molecule has 0 aromatic heterocycles. The molecule has 3 N–H and O–H groups in total. The normalized spacial score (nSPS) is 14.7. The van der Waals surface area contributed by atoms with Crippen LogP contribution in [0.25, 0.3) is 0 Å². The standard InChI is InChI=1S/C22H36N4O/c1-4-12-22(27,13-5-2)18-25-21(23-6-3)24-17-19-10-9-11-20(16-19)26-14-7-8-15-26/h7-11,16,27H,4-6,12-15,17-18H2,1-3H3,(H2,23,24,25). The van der Waals surface area contributed by atoms with E-state index in [9.17, 15) is 5.11 Å². The molecule has 0 bridgehead atoms. The summed E-state index contributed by atoms with van der Waals surface area (Å²) in [6.45, 7) is 10.2. The molecule has 0 fully saturated rings. The number of benzene rings is 1. The van der Waals surface area contributed by atoms with Gasteiger partial charge in [-0.3, -0.25) is 0 Å². The van der Waals surface area contributed by atoms with Gasteiger partial charge in [0, 0.05) is 31.9 Å². The Bertz CT molecular complexity index is 612. The molecule has 27 heavy (non-hydrogen) atoms. The molecule has 0 aliphatic carbocycles. The lowest BCUT2D eigenvalue weighted by atomic mass is 9.93. The maximum Gasteiger partial charge on any atom is 0.191 e. The molecule has 0 spiro atoms. The Labute approximate surface area is 164 Å². The molecule has 0 unspecified atom stereocenters. The summed E-state index contributed by atoms with van der Waals surface area (Å²) in [5, 5.41) is 17.4. The van der Waals surface area contributed by atoms with Gasteiger partial charge in [0.15, 0.2) is 5.96 Å². The summed E-state index contributed by atoms with van der Waals surface area (Å²) in [5.74, 6) is 0.761. The van der Waals surface area contributed by atoms with Gasteiger partial charge in [0.05, 0.1) is 12.1 Å². The molecule has 5 heteroatoms. The van der Waals surface area contributed by atoms with Gasteiger partial charge in [-0.2, -0.15) is 0 Å². The third-order valence-electron chi connectivity index (χ3n) is 4.87. The Balaban J connectivity index is 1.99. The van der Waals surface area contributed by atoms with E-state index < -0.39 is 5.60 Å². The van der Waals surface area contributed by atoms with E-state index in [4.69, 9.17) is 4.99 Å². The van der Waals surface area contributed by atoms with Crippen LogP contribution in [0.2, 0.25) is 0 Å². The molecule has 0 radical (unpaired) electrons. The number of aliphatic imine (C=N–C) groups is 1. The zero-order valence-electron chi connectivity index (χ0n) is 17.2. The van der Waals surface area contributed by atoms with Crippen LogP contribution in [0.5, 0.6) is 0 Å². The molecule has 2 rings (SSSR count). The van der Waals surface area contributed by atoms with Crippen molar-refractivity contribution in [2.24, 2.45) is 4.99 Å². The van der Waals surface area contributed by atoms with Gasteiger partial charge in [0.1, 0.15) is 0 Å². The van der Waals surface area contributed by atoms with E-state index in [0.29, 0.717) is 13.1 Å². The van der Waals surface area contributed by atoms with Crippen molar-refractivity contribution in [2.45, 2.75) is 58.6 Å². The number of nitrogens with zero attached hydrogens (tertiary/aromatic N) is 2. The summed E-state index contributed by atoms with van der Waals surface area (Å²) in [6.07, 6.45) is 7.96. The second-order valence-electron chi connectivity index (χ2n) is 7.32. The van der Waals surface area contributed by atoms with E-state index in [0.717, 1.165) is 51.3 Å². The fraction of sp³-hybridized carbons (Fsp3) is 0.591. The van der Waals surface area contributed by atoms with Crippen LogP contribution in [0.15, 0.2) is 41.4 Å². The summed E-state index contributed by atoms with van der Waals surface area (Å²) in [7, 11) is 0. The second kappa shape index (κ2) is 11.0. The summed E-state index contributed by atoms with van der Waals surface area (Å²) in [6, 6.07) is 8.58. The number of anilines is 1. The lowest BCUT2D eigenvalue weighted by molar-refractivity contribution is 0.0257. The quantitative estimate of drug-likeness (QED) is 0.334. The minimum Gasteiger partial charge on any atom is -0.388 e. The molecule has 1 aliphatic rings. The smallest absolute Gasteiger partial charge is 0.191 e. The SMILES string of the molecule is CCCC(O)(CCC)CNC(=NCc1cccc(N2CC=CC2)c1)NCC. The van der Waals surface area contributed by atoms with Crippen LogP contribution in [0.4, 0.5) is 5.69 Å². The molecular formula is C22H36N4O. The number of rotatable bonds is 10. The Kier molecular flexibility index (Phi) is 8.65. The van der Waals surface area contributed by atoms with E-state index >= 15 is 0 Å². The summed E-state index contributed by atoms with van der Waals surface area (Å²) in [4.78, 5) is 7.06. The molecule has 1 heterocycles. The van der Waals surface area contributed by atoms with Crippen molar-refractivity contribution in [2.75, 3.05) is 31.1 Å². The predicted octanol–water partition coefficient (Wildman–Crippen LogP) is 3.45. The van der Waals surface area contributed by atoms with Crippen LogP contribution >= 0.6 is 0 Å². The number of hydrogen-bond donors (Lipinski definition) is 3. The highest BCUT2D eigenvalue weighted by Crippen LogP contribution is 2.20. The first-order valence-corrected chi connectivity index (χ1v) is 10.3. The van der Waals surface area contributed by atoms with Crippen LogP contribution in [0, 0.1) is 0 Å². The highest BCUT2D eigenvalue weighted by atomic mass is 16.3. The zero-order valence-corrected chi connectivity index (χ0v) is 17.2. The Morgan fingerprint density at radius 1 is 1.11 bits per heavy atom. The fourth-order valence-electron chi connectivity index (χ4n) is 3.53. The third kappa shape index (κ3) is 6.90. The Hall–Kier alpha value is -2.01. The summed E-state index contributed by atoms with van der Waals surface area (Å²) >= 11 is 0. The average molecular weight is 373 g/mol. The first kappa shape index (κ1) is 21.3. The first-order valence-electron chi connectivity index (χ1n) is 10.3. The largest absolute Gasteiger partial charge is 0.388 e. The number of hydrogen-bond acceptors (Lipinski definition) is 3. The van der Waals surface area contributed by atoms with E-state index in [1.807, 2.05) is 0 Å². The molecule has 5 nitrogen and oxygen atoms in total. The van der Waals surface area contributed by atoms with Gasteiger partial charge in [0.25, 0.3) is 0 Å². The minimum atomic E-state index is -0.664. The van der Waals surface area contributed by atoms with Gasteiger partial charge in [-0.15, -0.1) is 0 Å². The highest BCUT2D eigenvalue weighted by molar-refractivity contribution is 5.79. The van der Waals surface area contributed by atoms with Crippen molar-refractivity contribution in [1.29, 1.82) is 0 Å². The number of aliphatic hydroxyl groups is 1. The van der Waals surface area contributed by atoms with Crippen LogP contribution in [-0.2, 0) is 6.54 Å². The highest BCUT2D eigenvalue weighted by Gasteiger charge is 2.24. The van der Waals surface area contributed by atoms with E-state index in [1.165, 1.54) is 11.3 Å². The van der Waals surface area contributed by atoms with Crippen LogP contribution in [0.1, 0.15) is 52.0 Å². The van der Waals surface area contributed by atoms with Crippen molar-refractivity contribution in [3.8, 4) is 0 Å². The average Bonchev–Trinajstić information content (AvgIpc) is 3.19. The summed E-state index contributed by atoms with van der Waals surface area (Å²) in [5.41, 5.74) is 1.77.